The highest BCUT2D eigenvalue weighted by Crippen LogP contribution is 2.25. The van der Waals surface area contributed by atoms with E-state index in [1.54, 1.807) is 0 Å². The Morgan fingerprint density at radius 3 is 2.80 bits per heavy atom. The van der Waals surface area contributed by atoms with Gasteiger partial charge in [-0.05, 0) is 51.5 Å². The second kappa shape index (κ2) is 5.54. The van der Waals surface area contributed by atoms with Crippen LogP contribution in [-0.4, -0.2) is 10.4 Å². The van der Waals surface area contributed by atoms with E-state index in [4.69, 9.17) is 0 Å². The fraction of sp³-hybridized carbons (Fsp3) is 0.188. The highest BCUT2D eigenvalue weighted by Gasteiger charge is 2.12. The van der Waals surface area contributed by atoms with Crippen molar-refractivity contribution in [3.63, 3.8) is 0 Å². The molecule has 3 aromatic rings. The Kier molecular flexibility index (Phi) is 3.76. The Bertz CT molecular complexity index is 772. The summed E-state index contributed by atoms with van der Waals surface area (Å²) < 4.78 is 3.05. The molecule has 0 radical (unpaired) electrons. The van der Waals surface area contributed by atoms with Crippen molar-refractivity contribution in [3.05, 3.63) is 56.8 Å². The summed E-state index contributed by atoms with van der Waals surface area (Å²) >= 11 is 4.89. The molecular formula is C16H14BrNOS. The molecule has 0 aliphatic heterocycles. The van der Waals surface area contributed by atoms with Crippen molar-refractivity contribution in [2.45, 2.75) is 19.9 Å². The van der Waals surface area contributed by atoms with E-state index in [1.807, 2.05) is 18.3 Å². The van der Waals surface area contributed by atoms with Crippen LogP contribution < -0.4 is 0 Å². The summed E-state index contributed by atoms with van der Waals surface area (Å²) in [5.41, 5.74) is 2.46. The third-order valence-electron chi connectivity index (χ3n) is 3.41. The molecule has 0 spiro atoms. The number of aryl methyl sites for hydroxylation is 1. The molecule has 0 fully saturated rings. The van der Waals surface area contributed by atoms with Gasteiger partial charge < -0.3 is 4.57 Å². The number of fused-ring (bicyclic) bond motifs is 1. The van der Waals surface area contributed by atoms with Crippen LogP contribution in [0.3, 0.4) is 0 Å². The Hall–Kier alpha value is -1.39. The van der Waals surface area contributed by atoms with Gasteiger partial charge in [0.15, 0.2) is 5.78 Å². The van der Waals surface area contributed by atoms with E-state index in [-0.39, 0.29) is 5.78 Å². The van der Waals surface area contributed by atoms with Crippen LogP contribution in [0, 0.1) is 0 Å². The molecule has 1 aromatic carbocycles. The first-order valence-corrected chi connectivity index (χ1v) is 8.15. The summed E-state index contributed by atoms with van der Waals surface area (Å²) in [6.07, 6.45) is 2.98. The minimum absolute atomic E-state index is 0.157. The van der Waals surface area contributed by atoms with Crippen molar-refractivity contribution < 1.29 is 4.79 Å². The van der Waals surface area contributed by atoms with Gasteiger partial charge in [-0.3, -0.25) is 4.79 Å². The fourth-order valence-corrected chi connectivity index (χ4v) is 3.77. The van der Waals surface area contributed by atoms with Gasteiger partial charge in [0.25, 0.3) is 0 Å². The number of halogens is 1. The van der Waals surface area contributed by atoms with E-state index in [1.165, 1.54) is 27.8 Å². The topological polar surface area (TPSA) is 22.0 Å². The lowest BCUT2D eigenvalue weighted by molar-refractivity contribution is 0.0977. The van der Waals surface area contributed by atoms with E-state index in [9.17, 15) is 4.79 Å². The van der Waals surface area contributed by atoms with Gasteiger partial charge >= 0.3 is 0 Å². The van der Waals surface area contributed by atoms with Crippen molar-refractivity contribution in [2.24, 2.45) is 0 Å². The Morgan fingerprint density at radius 2 is 2.10 bits per heavy atom. The molecule has 4 heteroatoms. The third kappa shape index (κ3) is 2.45. The molecule has 0 atom stereocenters. The number of Topliss-reactive ketones (excluding diaryl/α,β-unsaturated/α-hetero) is 1. The van der Waals surface area contributed by atoms with Gasteiger partial charge in [0.1, 0.15) is 0 Å². The highest BCUT2D eigenvalue weighted by molar-refractivity contribution is 9.11. The molecule has 0 saturated heterocycles. The number of benzene rings is 1. The Labute approximate surface area is 130 Å². The molecule has 0 amide bonds. The van der Waals surface area contributed by atoms with Crippen LogP contribution in [0.1, 0.15) is 22.2 Å². The minimum Gasteiger partial charge on any atom is -0.339 e. The average Bonchev–Trinajstić information content (AvgIpc) is 3.05. The molecule has 2 heterocycles. The average molecular weight is 348 g/mol. The van der Waals surface area contributed by atoms with Crippen LogP contribution in [-0.2, 0) is 13.0 Å². The van der Waals surface area contributed by atoms with Crippen LogP contribution in [0.25, 0.3) is 10.9 Å². The van der Waals surface area contributed by atoms with Gasteiger partial charge in [-0.15, -0.1) is 11.3 Å². The Morgan fingerprint density at radius 1 is 1.25 bits per heavy atom. The number of carbonyl (C=O) groups excluding carboxylic acids is 1. The van der Waals surface area contributed by atoms with Gasteiger partial charge in [0, 0.05) is 6.20 Å². The highest BCUT2D eigenvalue weighted by atomic mass is 79.9. The van der Waals surface area contributed by atoms with Crippen LogP contribution >= 0.6 is 27.3 Å². The Balaban J connectivity index is 1.97. The summed E-state index contributed by atoms with van der Waals surface area (Å²) in [6.45, 7) is 2.54. The SMILES string of the molecule is CCc1cccc2ccn(CC(=O)c3ccc(Br)s3)c12. The first-order chi connectivity index (χ1) is 9.69. The molecule has 102 valence electrons. The smallest absolute Gasteiger partial charge is 0.192 e. The lowest BCUT2D eigenvalue weighted by Crippen LogP contribution is -2.08. The summed E-state index contributed by atoms with van der Waals surface area (Å²) in [5, 5.41) is 1.20. The second-order valence-corrected chi connectivity index (χ2v) is 7.14. The van der Waals surface area contributed by atoms with Crippen molar-refractivity contribution in [1.82, 2.24) is 4.57 Å². The van der Waals surface area contributed by atoms with Crippen molar-refractivity contribution in [2.75, 3.05) is 0 Å². The number of carbonyl (C=O) groups is 1. The zero-order valence-electron chi connectivity index (χ0n) is 11.1. The normalized spacial score (nSPS) is 11.1. The summed E-state index contributed by atoms with van der Waals surface area (Å²) in [5.74, 6) is 0.157. The van der Waals surface area contributed by atoms with E-state index in [2.05, 4.69) is 51.7 Å². The molecule has 0 aliphatic rings. The van der Waals surface area contributed by atoms with E-state index in [0.717, 1.165) is 15.1 Å². The molecule has 0 bridgehead atoms. The van der Waals surface area contributed by atoms with Crippen LogP contribution in [0.15, 0.2) is 46.4 Å². The molecule has 0 unspecified atom stereocenters. The predicted octanol–water partition coefficient (Wildman–Crippen LogP) is 4.91. The monoisotopic (exact) mass is 347 g/mol. The fourth-order valence-electron chi connectivity index (χ4n) is 2.45. The van der Waals surface area contributed by atoms with Crippen molar-refractivity contribution in [3.8, 4) is 0 Å². The predicted molar refractivity (Wildman–Crippen MR) is 87.7 cm³/mol. The lowest BCUT2D eigenvalue weighted by Gasteiger charge is -2.07. The number of hydrogen-bond donors (Lipinski definition) is 0. The standard InChI is InChI=1S/C16H14BrNOS/c1-2-11-4-3-5-12-8-9-18(16(11)12)10-13(19)14-6-7-15(17)20-14/h3-9H,2,10H2,1H3. The molecule has 0 N–H and O–H groups in total. The first kappa shape index (κ1) is 13.6. The maximum absolute atomic E-state index is 12.3. The minimum atomic E-state index is 0.157. The van der Waals surface area contributed by atoms with Crippen molar-refractivity contribution >= 4 is 44.0 Å². The zero-order valence-corrected chi connectivity index (χ0v) is 13.5. The number of thiophene rings is 1. The lowest BCUT2D eigenvalue weighted by atomic mass is 10.1. The number of ketones is 1. The van der Waals surface area contributed by atoms with Gasteiger partial charge in [0.2, 0.25) is 0 Å². The van der Waals surface area contributed by atoms with E-state index >= 15 is 0 Å². The molecule has 0 saturated carbocycles. The quantitative estimate of drug-likeness (QED) is 0.614. The molecular weight excluding hydrogens is 334 g/mol. The number of nitrogens with zero attached hydrogens (tertiary/aromatic N) is 1. The third-order valence-corrected chi connectivity index (χ3v) is 5.08. The zero-order chi connectivity index (χ0) is 14.1. The first-order valence-electron chi connectivity index (χ1n) is 6.54. The molecule has 20 heavy (non-hydrogen) atoms. The number of rotatable bonds is 4. The number of aromatic nitrogens is 1. The van der Waals surface area contributed by atoms with Gasteiger partial charge in [-0.25, -0.2) is 0 Å². The van der Waals surface area contributed by atoms with Gasteiger partial charge in [-0.2, -0.15) is 0 Å². The van der Waals surface area contributed by atoms with Crippen LogP contribution in [0.4, 0.5) is 0 Å². The largest absolute Gasteiger partial charge is 0.339 e. The van der Waals surface area contributed by atoms with E-state index in [0.29, 0.717) is 6.54 Å². The maximum atomic E-state index is 12.3. The summed E-state index contributed by atoms with van der Waals surface area (Å²) in [6, 6.07) is 12.2. The summed E-state index contributed by atoms with van der Waals surface area (Å²) in [7, 11) is 0. The molecule has 0 aliphatic carbocycles. The van der Waals surface area contributed by atoms with Crippen LogP contribution in [0.2, 0.25) is 0 Å². The number of para-hydroxylation sites is 1. The van der Waals surface area contributed by atoms with Gasteiger partial charge in [0.05, 0.1) is 20.7 Å². The molecule has 2 nitrogen and oxygen atoms in total. The molecule has 3 rings (SSSR count). The molecule has 2 aromatic heterocycles. The van der Waals surface area contributed by atoms with Gasteiger partial charge in [-0.1, -0.05) is 25.1 Å². The van der Waals surface area contributed by atoms with Crippen molar-refractivity contribution in [1.29, 1.82) is 0 Å². The second-order valence-electron chi connectivity index (χ2n) is 4.68. The summed E-state index contributed by atoms with van der Waals surface area (Å²) in [4.78, 5) is 13.1. The van der Waals surface area contributed by atoms with Crippen LogP contribution in [0.5, 0.6) is 0 Å². The number of hydrogen-bond acceptors (Lipinski definition) is 2. The van der Waals surface area contributed by atoms with E-state index < -0.39 is 0 Å². The maximum Gasteiger partial charge on any atom is 0.192 e.